The van der Waals surface area contributed by atoms with Crippen molar-refractivity contribution < 1.29 is 4.79 Å². The Hall–Kier alpha value is -2.82. The lowest BCUT2D eigenvalue weighted by molar-refractivity contribution is 0.0759. The van der Waals surface area contributed by atoms with E-state index in [0.29, 0.717) is 11.5 Å². The van der Waals surface area contributed by atoms with Crippen LogP contribution in [0.25, 0.3) is 10.9 Å². The minimum Gasteiger partial charge on any atom is -0.339 e. The van der Waals surface area contributed by atoms with Crippen LogP contribution < -0.4 is 0 Å². The maximum absolute atomic E-state index is 12.6. The summed E-state index contributed by atoms with van der Waals surface area (Å²) in [5.74, 6) is 0.657. The van der Waals surface area contributed by atoms with E-state index in [2.05, 4.69) is 39.4 Å². The molecule has 132 valence electrons. The topological polar surface area (TPSA) is 59.0 Å². The zero-order chi connectivity index (χ0) is 17.8. The van der Waals surface area contributed by atoms with Crippen molar-refractivity contribution in [3.05, 3.63) is 66.1 Å². The fraction of sp³-hybridized carbons (Fsp3) is 0.333. The van der Waals surface area contributed by atoms with Gasteiger partial charge in [0.25, 0.3) is 5.91 Å². The molecule has 0 radical (unpaired) electrons. The summed E-state index contributed by atoms with van der Waals surface area (Å²) in [4.78, 5) is 19.1. The Morgan fingerprint density at radius 2 is 2.00 bits per heavy atom. The molecule has 5 heteroatoms. The Balaban J connectivity index is 1.45. The van der Waals surface area contributed by atoms with Crippen molar-refractivity contribution in [3.63, 3.8) is 0 Å². The van der Waals surface area contributed by atoms with Gasteiger partial charge in [-0.2, -0.15) is 10.2 Å². The second-order valence-electron chi connectivity index (χ2n) is 6.91. The number of carbonyl (C=O) groups is 1. The number of hydrogen-bond donors (Lipinski definition) is 0. The Morgan fingerprint density at radius 3 is 2.88 bits per heavy atom. The summed E-state index contributed by atoms with van der Waals surface area (Å²) < 4.78 is 0. The van der Waals surface area contributed by atoms with Crippen LogP contribution in [0.1, 0.15) is 35.2 Å². The van der Waals surface area contributed by atoms with Crippen LogP contribution in [0.15, 0.2) is 55.0 Å². The molecule has 1 saturated heterocycles. The first-order chi connectivity index (χ1) is 12.8. The van der Waals surface area contributed by atoms with Crippen molar-refractivity contribution in [3.8, 4) is 0 Å². The number of pyridine rings is 1. The first kappa shape index (κ1) is 16.6. The van der Waals surface area contributed by atoms with Gasteiger partial charge in [-0.15, -0.1) is 0 Å². The number of hydrogen-bond acceptors (Lipinski definition) is 4. The van der Waals surface area contributed by atoms with Gasteiger partial charge in [-0.05, 0) is 55.4 Å². The Morgan fingerprint density at radius 1 is 1.04 bits per heavy atom. The minimum absolute atomic E-state index is 0.0647. The van der Waals surface area contributed by atoms with Crippen LogP contribution in [0, 0.1) is 5.92 Å². The molecule has 0 bridgehead atoms. The largest absolute Gasteiger partial charge is 0.339 e. The first-order valence-electron chi connectivity index (χ1n) is 9.20. The van der Waals surface area contributed by atoms with Crippen molar-refractivity contribution in [1.29, 1.82) is 0 Å². The lowest BCUT2D eigenvalue weighted by Crippen LogP contribution is -2.32. The highest BCUT2D eigenvalue weighted by atomic mass is 16.2. The maximum atomic E-state index is 12.6. The van der Waals surface area contributed by atoms with Crippen LogP contribution in [0.3, 0.4) is 0 Å². The van der Waals surface area contributed by atoms with E-state index < -0.39 is 0 Å². The zero-order valence-electron chi connectivity index (χ0n) is 14.7. The molecule has 1 aromatic carbocycles. The van der Waals surface area contributed by atoms with Gasteiger partial charge in [0.1, 0.15) is 0 Å². The molecule has 1 fully saturated rings. The van der Waals surface area contributed by atoms with Gasteiger partial charge in [-0.25, -0.2) is 0 Å². The van der Waals surface area contributed by atoms with E-state index in [-0.39, 0.29) is 5.91 Å². The van der Waals surface area contributed by atoms with Crippen LogP contribution in [0.2, 0.25) is 0 Å². The molecule has 0 spiro atoms. The van der Waals surface area contributed by atoms with Crippen molar-refractivity contribution in [1.82, 2.24) is 20.1 Å². The summed E-state index contributed by atoms with van der Waals surface area (Å²) in [7, 11) is 0. The smallest absolute Gasteiger partial charge is 0.255 e. The lowest BCUT2D eigenvalue weighted by Gasteiger charge is -2.20. The molecule has 0 N–H and O–H groups in total. The van der Waals surface area contributed by atoms with Crippen molar-refractivity contribution >= 4 is 16.8 Å². The Kier molecular flexibility index (Phi) is 4.86. The molecule has 5 nitrogen and oxygen atoms in total. The monoisotopic (exact) mass is 346 g/mol. The maximum Gasteiger partial charge on any atom is 0.255 e. The SMILES string of the molecule is O=C(c1ccnnc1)N1CCC[C@@H](Cc2cccc3ncccc23)CC1. The standard InChI is InChI=1S/C21H22N4O/c26-21(18-8-11-23-24-15-18)25-12-3-4-16(9-13-25)14-17-5-1-7-20-19(17)6-2-10-22-20/h1-2,5-8,10-11,15-16H,3-4,9,12-14H2/t16-/m1/s1. The fourth-order valence-corrected chi connectivity index (χ4v) is 3.83. The molecule has 1 amide bonds. The van der Waals surface area contributed by atoms with E-state index >= 15 is 0 Å². The molecule has 0 saturated carbocycles. The lowest BCUT2D eigenvalue weighted by atomic mass is 9.91. The Labute approximate surface area is 153 Å². The molecule has 3 aromatic rings. The van der Waals surface area contributed by atoms with E-state index in [1.54, 1.807) is 18.5 Å². The third-order valence-corrected chi connectivity index (χ3v) is 5.21. The summed E-state index contributed by atoms with van der Waals surface area (Å²) in [6.45, 7) is 1.61. The van der Waals surface area contributed by atoms with Crippen LogP contribution >= 0.6 is 0 Å². The highest BCUT2D eigenvalue weighted by Gasteiger charge is 2.22. The number of amides is 1. The van der Waals surface area contributed by atoms with Gasteiger partial charge in [0, 0.05) is 24.7 Å². The molecule has 2 aromatic heterocycles. The highest BCUT2D eigenvalue weighted by Crippen LogP contribution is 2.26. The summed E-state index contributed by atoms with van der Waals surface area (Å²) >= 11 is 0. The van der Waals surface area contributed by atoms with Crippen molar-refractivity contribution in [2.24, 2.45) is 5.92 Å². The summed E-state index contributed by atoms with van der Waals surface area (Å²) in [5, 5.41) is 8.82. The second-order valence-corrected chi connectivity index (χ2v) is 6.91. The van der Waals surface area contributed by atoms with Gasteiger partial charge in [-0.3, -0.25) is 9.78 Å². The van der Waals surface area contributed by atoms with E-state index in [1.807, 2.05) is 17.2 Å². The number of benzene rings is 1. The summed E-state index contributed by atoms with van der Waals surface area (Å²) in [6, 6.07) is 12.3. The molecule has 0 aliphatic carbocycles. The summed E-state index contributed by atoms with van der Waals surface area (Å²) in [5.41, 5.74) is 3.04. The summed E-state index contributed by atoms with van der Waals surface area (Å²) in [6.07, 6.45) is 9.22. The fourth-order valence-electron chi connectivity index (χ4n) is 3.83. The molecular formula is C21H22N4O. The zero-order valence-corrected chi connectivity index (χ0v) is 14.7. The Bertz CT molecular complexity index is 891. The van der Waals surface area contributed by atoms with Crippen LogP contribution in [0.5, 0.6) is 0 Å². The number of nitrogens with zero attached hydrogens (tertiary/aromatic N) is 4. The second kappa shape index (κ2) is 7.60. The number of likely N-dealkylation sites (tertiary alicyclic amines) is 1. The molecule has 1 aliphatic rings. The normalized spacial score (nSPS) is 17.8. The molecular weight excluding hydrogens is 324 g/mol. The number of fused-ring (bicyclic) bond motifs is 1. The van der Waals surface area contributed by atoms with Crippen LogP contribution in [-0.4, -0.2) is 39.1 Å². The molecule has 3 heterocycles. The first-order valence-corrected chi connectivity index (χ1v) is 9.20. The van der Waals surface area contributed by atoms with Gasteiger partial charge in [0.15, 0.2) is 0 Å². The van der Waals surface area contributed by atoms with Gasteiger partial charge < -0.3 is 4.90 Å². The molecule has 4 rings (SSSR count). The number of carbonyl (C=O) groups excluding carboxylic acids is 1. The molecule has 1 atom stereocenters. The van der Waals surface area contributed by atoms with Crippen molar-refractivity contribution in [2.45, 2.75) is 25.7 Å². The van der Waals surface area contributed by atoms with E-state index in [9.17, 15) is 4.79 Å². The number of rotatable bonds is 3. The third-order valence-electron chi connectivity index (χ3n) is 5.21. The average Bonchev–Trinajstić information content (AvgIpc) is 2.94. The third kappa shape index (κ3) is 3.57. The van der Waals surface area contributed by atoms with Gasteiger partial charge >= 0.3 is 0 Å². The van der Waals surface area contributed by atoms with Crippen LogP contribution in [-0.2, 0) is 6.42 Å². The predicted molar refractivity (Wildman–Crippen MR) is 101 cm³/mol. The quantitative estimate of drug-likeness (QED) is 0.728. The average molecular weight is 346 g/mol. The minimum atomic E-state index is 0.0647. The molecule has 26 heavy (non-hydrogen) atoms. The van der Waals surface area contributed by atoms with E-state index in [4.69, 9.17) is 0 Å². The molecule has 1 aliphatic heterocycles. The van der Waals surface area contributed by atoms with Crippen LogP contribution in [0.4, 0.5) is 0 Å². The van der Waals surface area contributed by atoms with E-state index in [0.717, 1.165) is 44.3 Å². The number of aromatic nitrogens is 3. The van der Waals surface area contributed by atoms with E-state index in [1.165, 1.54) is 10.9 Å². The van der Waals surface area contributed by atoms with Gasteiger partial charge in [0.2, 0.25) is 0 Å². The molecule has 0 unspecified atom stereocenters. The van der Waals surface area contributed by atoms with Gasteiger partial charge in [0.05, 0.1) is 23.5 Å². The highest BCUT2D eigenvalue weighted by molar-refractivity contribution is 5.93. The van der Waals surface area contributed by atoms with Gasteiger partial charge in [-0.1, -0.05) is 18.2 Å². The van der Waals surface area contributed by atoms with Crippen molar-refractivity contribution in [2.75, 3.05) is 13.1 Å². The predicted octanol–water partition coefficient (Wildman–Crippen LogP) is 3.51.